The first kappa shape index (κ1) is 20.0. The number of benzene rings is 2. The van der Waals surface area contributed by atoms with Crippen LogP contribution in [0.1, 0.15) is 18.5 Å². The van der Waals surface area contributed by atoms with Gasteiger partial charge in [-0.15, -0.1) is 5.10 Å². The van der Waals surface area contributed by atoms with E-state index in [1.54, 1.807) is 36.1 Å². The van der Waals surface area contributed by atoms with E-state index < -0.39 is 6.04 Å². The van der Waals surface area contributed by atoms with Crippen molar-refractivity contribution in [3.8, 4) is 5.75 Å². The van der Waals surface area contributed by atoms with E-state index in [1.807, 2.05) is 25.3 Å². The number of methoxy groups -OCH3 is 1. The van der Waals surface area contributed by atoms with Crippen molar-refractivity contribution in [2.45, 2.75) is 18.1 Å². The Balaban J connectivity index is 1.79. The number of amides is 1. The Morgan fingerprint density at radius 2 is 1.97 bits per heavy atom. The molecule has 1 unspecified atom stereocenters. The average Bonchev–Trinajstić information content (AvgIpc) is 3.16. The lowest BCUT2D eigenvalue weighted by atomic mass is 9.95. The van der Waals surface area contributed by atoms with Crippen LogP contribution in [0.3, 0.4) is 0 Å². The molecule has 0 fully saturated rings. The number of nitrogens with one attached hydrogen (secondary N) is 2. The Kier molecular flexibility index (Phi) is 5.45. The molecule has 9 heteroatoms. The van der Waals surface area contributed by atoms with E-state index in [-0.39, 0.29) is 11.7 Å². The van der Waals surface area contributed by atoms with E-state index in [2.05, 4.69) is 20.7 Å². The summed E-state index contributed by atoms with van der Waals surface area (Å²) in [7, 11) is 1.55. The number of fused-ring (bicyclic) bond motifs is 1. The zero-order valence-electron chi connectivity index (χ0n) is 16.6. The fourth-order valence-electron chi connectivity index (χ4n) is 3.40. The number of ether oxygens (including phenoxy) is 1. The van der Waals surface area contributed by atoms with E-state index in [9.17, 15) is 9.18 Å². The molecule has 4 rings (SSSR count). The molecule has 1 aliphatic heterocycles. The SMILES string of the molecule is COc1ccccc1NC(=O)C1=C(C)Nc2nc(SC)nn2C1c1ccc(F)cc1. The van der Waals surface area contributed by atoms with Gasteiger partial charge in [-0.2, -0.15) is 4.98 Å². The van der Waals surface area contributed by atoms with Crippen LogP contribution in [0.2, 0.25) is 0 Å². The van der Waals surface area contributed by atoms with Gasteiger partial charge in [-0.05, 0) is 43.0 Å². The number of halogens is 1. The molecule has 154 valence electrons. The summed E-state index contributed by atoms with van der Waals surface area (Å²) in [6.45, 7) is 1.81. The lowest BCUT2D eigenvalue weighted by molar-refractivity contribution is -0.113. The molecule has 0 aliphatic carbocycles. The maximum atomic E-state index is 13.6. The van der Waals surface area contributed by atoms with Gasteiger partial charge < -0.3 is 15.4 Å². The number of carbonyl (C=O) groups is 1. The van der Waals surface area contributed by atoms with Gasteiger partial charge in [0.15, 0.2) is 0 Å². The summed E-state index contributed by atoms with van der Waals surface area (Å²) in [6, 6.07) is 12.7. The average molecular weight is 425 g/mol. The second-order valence-corrected chi connectivity index (χ2v) is 7.41. The molecule has 1 atom stereocenters. The first-order chi connectivity index (χ1) is 14.5. The Hall–Kier alpha value is -3.33. The highest BCUT2D eigenvalue weighted by atomic mass is 32.2. The van der Waals surface area contributed by atoms with Crippen molar-refractivity contribution >= 4 is 29.3 Å². The third-order valence-corrected chi connectivity index (χ3v) is 5.34. The van der Waals surface area contributed by atoms with E-state index in [1.165, 1.54) is 23.9 Å². The number of thioether (sulfide) groups is 1. The maximum Gasteiger partial charge on any atom is 0.255 e. The van der Waals surface area contributed by atoms with Gasteiger partial charge in [-0.1, -0.05) is 36.0 Å². The van der Waals surface area contributed by atoms with E-state index in [0.717, 1.165) is 5.56 Å². The molecule has 30 heavy (non-hydrogen) atoms. The number of allylic oxidation sites excluding steroid dienone is 1. The number of aromatic nitrogens is 3. The molecule has 1 aromatic heterocycles. The molecule has 2 N–H and O–H groups in total. The minimum atomic E-state index is -0.565. The Morgan fingerprint density at radius 3 is 2.67 bits per heavy atom. The first-order valence-electron chi connectivity index (χ1n) is 9.20. The Labute approximate surface area is 177 Å². The zero-order valence-corrected chi connectivity index (χ0v) is 17.5. The number of hydrogen-bond donors (Lipinski definition) is 2. The monoisotopic (exact) mass is 425 g/mol. The summed E-state index contributed by atoms with van der Waals surface area (Å²) in [5.41, 5.74) is 2.38. The molecule has 3 aromatic rings. The second-order valence-electron chi connectivity index (χ2n) is 6.64. The van der Waals surface area contributed by atoms with Crippen molar-refractivity contribution in [3.05, 3.63) is 71.2 Å². The predicted octanol–water partition coefficient (Wildman–Crippen LogP) is 4.08. The molecule has 0 saturated heterocycles. The summed E-state index contributed by atoms with van der Waals surface area (Å²) in [5.74, 6) is 0.417. The Morgan fingerprint density at radius 1 is 1.23 bits per heavy atom. The van der Waals surface area contributed by atoms with Crippen LogP contribution >= 0.6 is 11.8 Å². The molecule has 0 bridgehead atoms. The number of rotatable bonds is 5. The van der Waals surface area contributed by atoms with Crippen LogP contribution in [-0.2, 0) is 4.79 Å². The van der Waals surface area contributed by atoms with E-state index >= 15 is 0 Å². The fourth-order valence-corrected chi connectivity index (χ4v) is 3.75. The predicted molar refractivity (Wildman–Crippen MR) is 114 cm³/mol. The zero-order chi connectivity index (χ0) is 21.3. The minimum Gasteiger partial charge on any atom is -0.495 e. The normalized spacial score (nSPS) is 15.4. The van der Waals surface area contributed by atoms with Gasteiger partial charge in [0.05, 0.1) is 18.4 Å². The van der Waals surface area contributed by atoms with Gasteiger partial charge in [-0.3, -0.25) is 4.79 Å². The number of hydrogen-bond acceptors (Lipinski definition) is 6. The third kappa shape index (κ3) is 3.63. The van der Waals surface area contributed by atoms with Gasteiger partial charge in [0.1, 0.15) is 17.6 Å². The van der Waals surface area contributed by atoms with E-state index in [4.69, 9.17) is 4.74 Å². The van der Waals surface area contributed by atoms with Gasteiger partial charge >= 0.3 is 0 Å². The summed E-state index contributed by atoms with van der Waals surface area (Å²) in [6.07, 6.45) is 1.88. The molecular weight excluding hydrogens is 405 g/mol. The third-order valence-electron chi connectivity index (χ3n) is 4.80. The molecule has 0 saturated carbocycles. The molecule has 0 spiro atoms. The van der Waals surface area contributed by atoms with Crippen LogP contribution in [0.5, 0.6) is 5.75 Å². The molecule has 2 aromatic carbocycles. The van der Waals surface area contributed by atoms with Crippen molar-refractivity contribution in [3.63, 3.8) is 0 Å². The second kappa shape index (κ2) is 8.19. The number of para-hydroxylation sites is 2. The van der Waals surface area contributed by atoms with Gasteiger partial charge in [0.25, 0.3) is 5.91 Å². The standard InChI is InChI=1S/C21H20FN5O2S/c1-12-17(19(28)24-15-6-4-5-7-16(15)29-2)18(13-8-10-14(22)11-9-13)27-20(23-12)25-21(26-27)30-3/h4-11,18H,1-3H3,(H,24,28)(H,23,25,26). The van der Waals surface area contributed by atoms with Crippen molar-refractivity contribution < 1.29 is 13.9 Å². The molecule has 0 radical (unpaired) electrons. The summed E-state index contributed by atoms with van der Waals surface area (Å²) < 4.78 is 20.6. The van der Waals surface area contributed by atoms with Gasteiger partial charge in [0.2, 0.25) is 11.1 Å². The molecule has 2 heterocycles. The molecular formula is C21H20FN5O2S. The van der Waals surface area contributed by atoms with E-state index in [0.29, 0.717) is 33.8 Å². The number of anilines is 2. The lowest BCUT2D eigenvalue weighted by Gasteiger charge is -2.28. The Bertz CT molecular complexity index is 1130. The molecule has 7 nitrogen and oxygen atoms in total. The largest absolute Gasteiger partial charge is 0.495 e. The van der Waals surface area contributed by atoms with Crippen molar-refractivity contribution in [2.24, 2.45) is 0 Å². The van der Waals surface area contributed by atoms with Crippen LogP contribution in [0.25, 0.3) is 0 Å². The number of carbonyl (C=O) groups excluding carboxylic acids is 1. The van der Waals surface area contributed by atoms with Crippen LogP contribution in [0, 0.1) is 5.82 Å². The van der Waals surface area contributed by atoms with Crippen molar-refractivity contribution in [2.75, 3.05) is 24.0 Å². The van der Waals surface area contributed by atoms with Crippen LogP contribution < -0.4 is 15.4 Å². The van der Waals surface area contributed by atoms with Crippen LogP contribution in [-0.4, -0.2) is 34.0 Å². The minimum absolute atomic E-state index is 0.314. The quantitative estimate of drug-likeness (QED) is 0.600. The highest BCUT2D eigenvalue weighted by Crippen LogP contribution is 2.37. The smallest absolute Gasteiger partial charge is 0.255 e. The summed E-state index contributed by atoms with van der Waals surface area (Å²) >= 11 is 1.40. The fraction of sp³-hybridized carbons (Fsp3) is 0.190. The molecule has 1 amide bonds. The van der Waals surface area contributed by atoms with Crippen LogP contribution in [0.4, 0.5) is 16.0 Å². The van der Waals surface area contributed by atoms with Crippen LogP contribution in [0.15, 0.2) is 65.0 Å². The molecule has 1 aliphatic rings. The van der Waals surface area contributed by atoms with Crippen molar-refractivity contribution in [1.29, 1.82) is 0 Å². The lowest BCUT2D eigenvalue weighted by Crippen LogP contribution is -2.31. The summed E-state index contributed by atoms with van der Waals surface area (Å²) in [5, 5.41) is 11.2. The highest BCUT2D eigenvalue weighted by molar-refractivity contribution is 7.98. The first-order valence-corrected chi connectivity index (χ1v) is 10.4. The topological polar surface area (TPSA) is 81.1 Å². The summed E-state index contributed by atoms with van der Waals surface area (Å²) in [4.78, 5) is 17.8. The van der Waals surface area contributed by atoms with Gasteiger partial charge in [0, 0.05) is 5.70 Å². The van der Waals surface area contributed by atoms with Crippen molar-refractivity contribution in [1.82, 2.24) is 14.8 Å². The van der Waals surface area contributed by atoms with Gasteiger partial charge in [-0.25, -0.2) is 9.07 Å². The highest BCUT2D eigenvalue weighted by Gasteiger charge is 2.34. The number of nitrogens with zero attached hydrogens (tertiary/aromatic N) is 3. The maximum absolute atomic E-state index is 13.6.